The summed E-state index contributed by atoms with van der Waals surface area (Å²) in [4.78, 5) is 34.9. The van der Waals surface area contributed by atoms with Crippen molar-refractivity contribution in [1.29, 1.82) is 0 Å². The molecule has 1 fully saturated rings. The standard InChI is InChI=1S/C25H29ClN4O5/c1-3-34-20-15-16(5-10-19(20)31)22-21(24(33)35-4-2)23(32)28-25(27-22)30-13-11-29(12-14-30)18-8-6-17(26)7-9-18/h5-10,15,21-22,31H,3-4,11-14H2,1-2H3,(H,27,28,32)/t21-,22+/m1/s1. The van der Waals surface area contributed by atoms with Gasteiger partial charge in [0.2, 0.25) is 11.9 Å². The maximum absolute atomic E-state index is 13.1. The molecule has 0 bridgehead atoms. The number of hydrogen-bond donors (Lipinski definition) is 2. The lowest BCUT2D eigenvalue weighted by Gasteiger charge is -2.39. The highest BCUT2D eigenvalue weighted by atomic mass is 35.5. The highest BCUT2D eigenvalue weighted by Crippen LogP contribution is 2.36. The van der Waals surface area contributed by atoms with Crippen molar-refractivity contribution >= 4 is 35.1 Å². The molecule has 0 unspecified atom stereocenters. The summed E-state index contributed by atoms with van der Waals surface area (Å²) in [5, 5.41) is 13.6. The molecule has 2 aliphatic heterocycles. The molecular weight excluding hydrogens is 472 g/mol. The molecule has 0 aromatic heterocycles. The van der Waals surface area contributed by atoms with Crippen LogP contribution in [-0.2, 0) is 14.3 Å². The Morgan fingerprint density at radius 1 is 1.09 bits per heavy atom. The first-order chi connectivity index (χ1) is 16.9. The van der Waals surface area contributed by atoms with Crippen molar-refractivity contribution in [1.82, 2.24) is 10.2 Å². The molecule has 2 atom stereocenters. The fourth-order valence-corrected chi connectivity index (χ4v) is 4.41. The number of phenols is 1. The zero-order chi connectivity index (χ0) is 24.9. The lowest BCUT2D eigenvalue weighted by molar-refractivity contribution is -0.153. The van der Waals surface area contributed by atoms with Crippen LogP contribution >= 0.6 is 11.6 Å². The van der Waals surface area contributed by atoms with E-state index < -0.39 is 23.8 Å². The van der Waals surface area contributed by atoms with E-state index in [9.17, 15) is 14.7 Å². The summed E-state index contributed by atoms with van der Waals surface area (Å²) >= 11 is 6.01. The number of amides is 1. The minimum Gasteiger partial charge on any atom is -0.504 e. The van der Waals surface area contributed by atoms with Crippen LogP contribution in [-0.4, -0.2) is 67.2 Å². The number of guanidine groups is 1. The van der Waals surface area contributed by atoms with Gasteiger partial charge in [-0.2, -0.15) is 0 Å². The van der Waals surface area contributed by atoms with Crippen molar-refractivity contribution in [2.45, 2.75) is 19.9 Å². The molecule has 1 saturated heterocycles. The van der Waals surface area contributed by atoms with E-state index >= 15 is 0 Å². The zero-order valence-corrected chi connectivity index (χ0v) is 20.5. The van der Waals surface area contributed by atoms with Gasteiger partial charge in [0.15, 0.2) is 17.4 Å². The monoisotopic (exact) mass is 500 g/mol. The minimum absolute atomic E-state index is 0.0222. The number of benzene rings is 2. The molecule has 0 spiro atoms. The molecule has 2 N–H and O–H groups in total. The largest absolute Gasteiger partial charge is 0.504 e. The van der Waals surface area contributed by atoms with Gasteiger partial charge in [-0.1, -0.05) is 17.7 Å². The van der Waals surface area contributed by atoms with Crippen molar-refractivity contribution in [3.05, 3.63) is 53.1 Å². The van der Waals surface area contributed by atoms with E-state index in [-0.39, 0.29) is 18.1 Å². The number of hydrogen-bond acceptors (Lipinski definition) is 8. The Morgan fingerprint density at radius 2 is 1.77 bits per heavy atom. The predicted octanol–water partition coefficient (Wildman–Crippen LogP) is 2.97. The van der Waals surface area contributed by atoms with Gasteiger partial charge in [0.05, 0.1) is 13.2 Å². The Labute approximate surface area is 209 Å². The number of esters is 1. The second-order valence-corrected chi connectivity index (χ2v) is 8.66. The van der Waals surface area contributed by atoms with Crippen LogP contribution in [0.4, 0.5) is 5.69 Å². The molecule has 0 radical (unpaired) electrons. The summed E-state index contributed by atoms with van der Waals surface area (Å²) in [5.74, 6) is -1.59. The van der Waals surface area contributed by atoms with Gasteiger partial charge in [-0.15, -0.1) is 0 Å². The highest BCUT2D eigenvalue weighted by molar-refractivity contribution is 6.30. The number of rotatable bonds is 6. The Balaban J connectivity index is 1.59. The molecule has 1 amide bonds. The second kappa shape index (κ2) is 10.9. The fraction of sp³-hybridized carbons (Fsp3) is 0.400. The lowest BCUT2D eigenvalue weighted by atomic mass is 9.91. The molecule has 0 saturated carbocycles. The van der Waals surface area contributed by atoms with Crippen LogP contribution in [0.25, 0.3) is 0 Å². The SMILES string of the molecule is CCOC(=O)[C@H]1C(=O)NC(N2CCN(c3ccc(Cl)cc3)CC2)=N[C@H]1c1ccc(O)c(OCC)c1. The fourth-order valence-electron chi connectivity index (χ4n) is 4.28. The van der Waals surface area contributed by atoms with Gasteiger partial charge < -0.3 is 24.4 Å². The van der Waals surface area contributed by atoms with Crippen LogP contribution in [0.5, 0.6) is 11.5 Å². The zero-order valence-electron chi connectivity index (χ0n) is 19.7. The van der Waals surface area contributed by atoms with Crippen molar-refractivity contribution < 1.29 is 24.2 Å². The van der Waals surface area contributed by atoms with Gasteiger partial charge >= 0.3 is 5.97 Å². The van der Waals surface area contributed by atoms with Crippen LogP contribution in [0, 0.1) is 5.92 Å². The smallest absolute Gasteiger partial charge is 0.321 e. The van der Waals surface area contributed by atoms with E-state index in [0.717, 1.165) is 18.8 Å². The molecule has 2 aromatic rings. The molecule has 186 valence electrons. The van der Waals surface area contributed by atoms with Crippen LogP contribution in [0.2, 0.25) is 5.02 Å². The number of nitrogens with one attached hydrogen (secondary N) is 1. The summed E-state index contributed by atoms with van der Waals surface area (Å²) in [7, 11) is 0. The van der Waals surface area contributed by atoms with Crippen LogP contribution in [0.3, 0.4) is 0 Å². The van der Waals surface area contributed by atoms with Crippen molar-refractivity contribution in [2.75, 3.05) is 44.3 Å². The molecule has 4 rings (SSSR count). The Kier molecular flexibility index (Phi) is 7.65. The number of anilines is 1. The first kappa shape index (κ1) is 24.7. The molecule has 0 aliphatic carbocycles. The number of piperazine rings is 1. The average molecular weight is 501 g/mol. The quantitative estimate of drug-likeness (QED) is 0.464. The number of aliphatic imine (C=N–C) groups is 1. The van der Waals surface area contributed by atoms with E-state index in [2.05, 4.69) is 10.2 Å². The Bertz CT molecular complexity index is 1100. The summed E-state index contributed by atoms with van der Waals surface area (Å²) in [6.07, 6.45) is 0. The van der Waals surface area contributed by atoms with E-state index in [1.807, 2.05) is 36.1 Å². The van der Waals surface area contributed by atoms with Crippen LogP contribution in [0.1, 0.15) is 25.5 Å². The maximum Gasteiger partial charge on any atom is 0.321 e. The first-order valence-corrected chi connectivity index (χ1v) is 12.1. The predicted molar refractivity (Wildman–Crippen MR) is 133 cm³/mol. The molecule has 35 heavy (non-hydrogen) atoms. The van der Waals surface area contributed by atoms with Crippen LogP contribution in [0.15, 0.2) is 47.5 Å². The topological polar surface area (TPSA) is 104 Å². The number of nitrogens with zero attached hydrogens (tertiary/aromatic N) is 3. The van der Waals surface area contributed by atoms with E-state index in [1.54, 1.807) is 19.1 Å². The number of halogens is 1. The van der Waals surface area contributed by atoms with E-state index in [4.69, 9.17) is 26.1 Å². The van der Waals surface area contributed by atoms with Gasteiger partial charge in [0.1, 0.15) is 6.04 Å². The molecule has 10 heteroatoms. The van der Waals surface area contributed by atoms with Gasteiger partial charge in [0, 0.05) is 36.9 Å². The maximum atomic E-state index is 13.1. The van der Waals surface area contributed by atoms with Crippen molar-refractivity contribution in [3.8, 4) is 11.5 Å². The van der Waals surface area contributed by atoms with Crippen molar-refractivity contribution in [2.24, 2.45) is 10.9 Å². The highest BCUT2D eigenvalue weighted by Gasteiger charge is 2.42. The summed E-state index contributed by atoms with van der Waals surface area (Å²) in [5.41, 5.74) is 1.66. The molecule has 2 aliphatic rings. The number of carbonyl (C=O) groups is 2. The van der Waals surface area contributed by atoms with Gasteiger partial charge in [-0.25, -0.2) is 4.99 Å². The summed E-state index contributed by atoms with van der Waals surface area (Å²) in [6.45, 7) is 6.75. The van der Waals surface area contributed by atoms with E-state index in [0.29, 0.717) is 36.2 Å². The Hall–Kier alpha value is -3.46. The van der Waals surface area contributed by atoms with Crippen molar-refractivity contribution in [3.63, 3.8) is 0 Å². The number of carbonyl (C=O) groups excluding carboxylic acids is 2. The Morgan fingerprint density at radius 3 is 2.43 bits per heavy atom. The number of phenolic OH excluding ortho intramolecular Hbond substituents is 1. The normalized spacial score (nSPS) is 20.2. The van der Waals surface area contributed by atoms with Gasteiger partial charge in [-0.3, -0.25) is 14.9 Å². The van der Waals surface area contributed by atoms with E-state index in [1.165, 1.54) is 6.07 Å². The second-order valence-electron chi connectivity index (χ2n) is 8.23. The summed E-state index contributed by atoms with van der Waals surface area (Å²) in [6, 6.07) is 11.6. The van der Waals surface area contributed by atoms with Gasteiger partial charge in [0.25, 0.3) is 0 Å². The third-order valence-electron chi connectivity index (χ3n) is 6.03. The third-order valence-corrected chi connectivity index (χ3v) is 6.28. The third kappa shape index (κ3) is 5.45. The van der Waals surface area contributed by atoms with Gasteiger partial charge in [-0.05, 0) is 55.8 Å². The molecule has 2 aromatic carbocycles. The lowest BCUT2D eigenvalue weighted by Crippen LogP contribution is -2.57. The van der Waals surface area contributed by atoms with Crippen LogP contribution < -0.4 is 15.0 Å². The number of ether oxygens (including phenoxy) is 2. The summed E-state index contributed by atoms with van der Waals surface area (Å²) < 4.78 is 10.7. The molecular formula is C25H29ClN4O5. The average Bonchev–Trinajstić information content (AvgIpc) is 2.86. The number of aromatic hydroxyl groups is 1. The first-order valence-electron chi connectivity index (χ1n) is 11.7. The molecule has 9 nitrogen and oxygen atoms in total. The molecule has 2 heterocycles. The minimum atomic E-state index is -1.15.